The molecule has 0 aliphatic carbocycles. The summed E-state index contributed by atoms with van der Waals surface area (Å²) in [6, 6.07) is 9.90. The minimum atomic E-state index is -0.281. The van der Waals surface area contributed by atoms with Crippen molar-refractivity contribution in [1.82, 2.24) is 15.5 Å². The third-order valence-electron chi connectivity index (χ3n) is 3.15. The Morgan fingerprint density at radius 2 is 1.95 bits per heavy atom. The molecule has 1 amide bonds. The van der Waals surface area contributed by atoms with Crippen molar-refractivity contribution in [2.75, 3.05) is 5.75 Å². The average Bonchev–Trinajstić information content (AvgIpc) is 2.54. The zero-order chi connectivity index (χ0) is 15.9. The molecule has 0 bridgehead atoms. The lowest BCUT2D eigenvalue weighted by Crippen LogP contribution is -2.33. The fraction of sp³-hybridized carbons (Fsp3) is 0.312. The highest BCUT2D eigenvalue weighted by Gasteiger charge is 2.07. The number of halogens is 1. The van der Waals surface area contributed by atoms with Crippen molar-refractivity contribution < 1.29 is 9.18 Å². The van der Waals surface area contributed by atoms with Crippen LogP contribution in [0, 0.1) is 5.82 Å². The van der Waals surface area contributed by atoms with Gasteiger partial charge in [0.2, 0.25) is 5.91 Å². The highest BCUT2D eigenvalue weighted by molar-refractivity contribution is 7.99. The van der Waals surface area contributed by atoms with Crippen LogP contribution in [0.4, 0.5) is 4.39 Å². The highest BCUT2D eigenvalue weighted by Crippen LogP contribution is 2.20. The normalized spacial score (nSPS) is 12.0. The number of amides is 1. The van der Waals surface area contributed by atoms with Gasteiger partial charge in [-0.2, -0.15) is 0 Å². The number of hydrogen-bond acceptors (Lipinski definition) is 4. The smallest absolute Gasteiger partial charge is 0.230 e. The fourth-order valence-corrected chi connectivity index (χ4v) is 2.35. The molecule has 1 atom stereocenters. The minimum Gasteiger partial charge on any atom is -0.353 e. The van der Waals surface area contributed by atoms with Crippen LogP contribution < -0.4 is 5.32 Å². The number of nitrogens with zero attached hydrogens (tertiary/aromatic N) is 2. The lowest BCUT2D eigenvalue weighted by Gasteiger charge is -2.10. The third-order valence-corrected chi connectivity index (χ3v) is 4.07. The van der Waals surface area contributed by atoms with Gasteiger partial charge < -0.3 is 5.32 Å². The molecular weight excluding hydrogens is 301 g/mol. The SMILES string of the molecule is CCC(C)NC(=O)CSc1ccc(-c2ccc(F)cc2)nn1. The largest absolute Gasteiger partial charge is 0.353 e. The molecule has 1 N–H and O–H groups in total. The van der Waals surface area contributed by atoms with Gasteiger partial charge in [-0.05, 0) is 49.7 Å². The first-order valence-corrected chi connectivity index (χ1v) is 8.09. The molecule has 6 heteroatoms. The number of hydrogen-bond donors (Lipinski definition) is 1. The number of thioether (sulfide) groups is 1. The van der Waals surface area contributed by atoms with Crippen molar-refractivity contribution in [3.8, 4) is 11.3 Å². The number of rotatable bonds is 6. The maximum Gasteiger partial charge on any atom is 0.230 e. The Bertz CT molecular complexity index is 616. The highest BCUT2D eigenvalue weighted by atomic mass is 32.2. The Hall–Kier alpha value is -1.95. The maximum atomic E-state index is 12.9. The van der Waals surface area contributed by atoms with E-state index >= 15 is 0 Å². The van der Waals surface area contributed by atoms with E-state index in [-0.39, 0.29) is 17.8 Å². The van der Waals surface area contributed by atoms with Gasteiger partial charge in [-0.3, -0.25) is 4.79 Å². The summed E-state index contributed by atoms with van der Waals surface area (Å²) in [6.07, 6.45) is 0.905. The summed E-state index contributed by atoms with van der Waals surface area (Å²) in [5.41, 5.74) is 1.48. The summed E-state index contributed by atoms with van der Waals surface area (Å²) >= 11 is 1.34. The summed E-state index contributed by atoms with van der Waals surface area (Å²) in [5, 5.41) is 11.8. The Labute approximate surface area is 133 Å². The standard InChI is InChI=1S/C16H18FN3OS/c1-3-11(2)18-15(21)10-22-16-9-8-14(19-20-16)12-4-6-13(17)7-5-12/h4-9,11H,3,10H2,1-2H3,(H,18,21). The molecule has 0 fully saturated rings. The van der Waals surface area contributed by atoms with Crippen molar-refractivity contribution in [3.63, 3.8) is 0 Å². The molecule has 0 radical (unpaired) electrons. The fourth-order valence-electron chi connectivity index (χ4n) is 1.73. The van der Waals surface area contributed by atoms with Crippen molar-refractivity contribution in [1.29, 1.82) is 0 Å². The van der Waals surface area contributed by atoms with Gasteiger partial charge in [0.1, 0.15) is 10.8 Å². The van der Waals surface area contributed by atoms with E-state index in [1.54, 1.807) is 12.1 Å². The van der Waals surface area contributed by atoms with E-state index in [9.17, 15) is 9.18 Å². The van der Waals surface area contributed by atoms with Crippen LogP contribution in [0.25, 0.3) is 11.3 Å². The first-order valence-electron chi connectivity index (χ1n) is 7.10. The molecule has 116 valence electrons. The first kappa shape index (κ1) is 16.4. The van der Waals surface area contributed by atoms with Crippen molar-refractivity contribution >= 4 is 17.7 Å². The second-order valence-electron chi connectivity index (χ2n) is 4.93. The Morgan fingerprint density at radius 1 is 1.23 bits per heavy atom. The van der Waals surface area contributed by atoms with Crippen molar-refractivity contribution in [2.45, 2.75) is 31.3 Å². The Kier molecular flexibility index (Phi) is 5.89. The molecule has 4 nitrogen and oxygen atoms in total. The zero-order valence-corrected chi connectivity index (χ0v) is 13.4. The van der Waals surface area contributed by atoms with E-state index < -0.39 is 0 Å². The summed E-state index contributed by atoms with van der Waals surface area (Å²) in [5.74, 6) is 0.0227. The summed E-state index contributed by atoms with van der Waals surface area (Å²) < 4.78 is 12.9. The summed E-state index contributed by atoms with van der Waals surface area (Å²) in [7, 11) is 0. The lowest BCUT2D eigenvalue weighted by molar-refractivity contribution is -0.119. The predicted octanol–water partition coefficient (Wildman–Crippen LogP) is 3.29. The van der Waals surface area contributed by atoms with E-state index in [4.69, 9.17) is 0 Å². The van der Waals surface area contributed by atoms with Crippen LogP contribution >= 0.6 is 11.8 Å². The van der Waals surface area contributed by atoms with Gasteiger partial charge in [0.05, 0.1) is 11.4 Å². The van der Waals surface area contributed by atoms with E-state index in [2.05, 4.69) is 15.5 Å². The number of benzene rings is 1. The average molecular weight is 319 g/mol. The second kappa shape index (κ2) is 7.89. The molecule has 1 aromatic heterocycles. The topological polar surface area (TPSA) is 54.9 Å². The van der Waals surface area contributed by atoms with Gasteiger partial charge in [0.25, 0.3) is 0 Å². The predicted molar refractivity (Wildman–Crippen MR) is 86.0 cm³/mol. The number of carbonyl (C=O) groups excluding carboxylic acids is 1. The van der Waals surface area contributed by atoms with Crippen molar-refractivity contribution in [2.24, 2.45) is 0 Å². The van der Waals surface area contributed by atoms with Crippen LogP contribution in [0.1, 0.15) is 20.3 Å². The van der Waals surface area contributed by atoms with Gasteiger partial charge in [-0.25, -0.2) is 4.39 Å². The molecular formula is C16H18FN3OS. The van der Waals surface area contributed by atoms with Gasteiger partial charge in [-0.15, -0.1) is 10.2 Å². The van der Waals surface area contributed by atoms with E-state index in [1.165, 1.54) is 23.9 Å². The lowest BCUT2D eigenvalue weighted by atomic mass is 10.1. The number of carbonyl (C=O) groups is 1. The maximum absolute atomic E-state index is 12.9. The van der Waals surface area contributed by atoms with E-state index in [1.807, 2.05) is 26.0 Å². The van der Waals surface area contributed by atoms with Gasteiger partial charge in [-0.1, -0.05) is 18.7 Å². The molecule has 2 rings (SSSR count). The Balaban J connectivity index is 1.92. The molecule has 0 aliphatic rings. The van der Waals surface area contributed by atoms with Crippen LogP contribution in [-0.2, 0) is 4.79 Å². The van der Waals surface area contributed by atoms with Gasteiger partial charge in [0.15, 0.2) is 0 Å². The molecule has 0 saturated carbocycles. The molecule has 1 unspecified atom stereocenters. The van der Waals surface area contributed by atoms with Crippen LogP contribution in [0.3, 0.4) is 0 Å². The van der Waals surface area contributed by atoms with Crippen LogP contribution in [0.15, 0.2) is 41.4 Å². The van der Waals surface area contributed by atoms with E-state index in [0.717, 1.165) is 12.0 Å². The van der Waals surface area contributed by atoms with Crippen molar-refractivity contribution in [3.05, 3.63) is 42.2 Å². The van der Waals surface area contributed by atoms with E-state index in [0.29, 0.717) is 16.5 Å². The van der Waals surface area contributed by atoms with Gasteiger partial charge >= 0.3 is 0 Å². The molecule has 0 spiro atoms. The molecule has 22 heavy (non-hydrogen) atoms. The minimum absolute atomic E-state index is 0.0104. The molecule has 0 aliphatic heterocycles. The molecule has 0 saturated heterocycles. The summed E-state index contributed by atoms with van der Waals surface area (Å²) in [4.78, 5) is 11.7. The third kappa shape index (κ3) is 4.80. The van der Waals surface area contributed by atoms with Crippen LogP contribution in [-0.4, -0.2) is 27.9 Å². The molecule has 1 aromatic carbocycles. The number of aromatic nitrogens is 2. The molecule has 2 aromatic rings. The quantitative estimate of drug-likeness (QED) is 0.830. The first-order chi connectivity index (χ1) is 10.6. The molecule has 1 heterocycles. The Morgan fingerprint density at radius 3 is 2.55 bits per heavy atom. The summed E-state index contributed by atoms with van der Waals surface area (Å²) in [6.45, 7) is 4.00. The van der Waals surface area contributed by atoms with Crippen LogP contribution in [0.5, 0.6) is 0 Å². The monoisotopic (exact) mass is 319 g/mol. The van der Waals surface area contributed by atoms with Crippen LogP contribution in [0.2, 0.25) is 0 Å². The number of nitrogens with one attached hydrogen (secondary N) is 1. The second-order valence-corrected chi connectivity index (χ2v) is 5.92. The zero-order valence-electron chi connectivity index (χ0n) is 12.5. The van der Waals surface area contributed by atoms with Gasteiger partial charge in [0, 0.05) is 11.6 Å².